The molecule has 0 amide bonds. The molecule has 6 aromatic carbocycles. The second-order valence-corrected chi connectivity index (χ2v) is 15.7. The average molecular weight is 723 g/mol. The maximum Gasteiger partial charge on any atom is 0.494 e. The first kappa shape index (κ1) is 35.2. The Hall–Kier alpha value is -5.56. The largest absolute Gasteiger partial charge is 0.494 e. The van der Waals surface area contributed by atoms with Gasteiger partial charge in [0, 0.05) is 29.8 Å². The fraction of sp³-hybridized carbons (Fsp3) is 0.224. The van der Waals surface area contributed by atoms with Crippen LogP contribution in [0.5, 0.6) is 5.75 Å². The first-order valence-corrected chi connectivity index (χ1v) is 19.6. The van der Waals surface area contributed by atoms with Gasteiger partial charge in [-0.1, -0.05) is 78.9 Å². The van der Waals surface area contributed by atoms with Crippen LogP contribution in [0.15, 0.2) is 127 Å². The van der Waals surface area contributed by atoms with E-state index in [1.807, 2.05) is 0 Å². The van der Waals surface area contributed by atoms with Gasteiger partial charge < -0.3 is 14.0 Å². The Morgan fingerprint density at radius 1 is 0.600 bits per heavy atom. The zero-order valence-electron chi connectivity index (χ0n) is 32.6. The molecule has 0 aliphatic carbocycles. The van der Waals surface area contributed by atoms with Gasteiger partial charge in [0.05, 0.1) is 33.1 Å². The normalized spacial score (nSPS) is 16.9. The maximum absolute atomic E-state index is 6.62. The van der Waals surface area contributed by atoms with Crippen molar-refractivity contribution in [2.75, 3.05) is 13.1 Å². The van der Waals surface area contributed by atoms with Gasteiger partial charge in [-0.25, -0.2) is 0 Å². The summed E-state index contributed by atoms with van der Waals surface area (Å²) in [6.45, 7) is 15.0. The summed E-state index contributed by atoms with van der Waals surface area (Å²) in [7, 11) is -0.390. The molecule has 0 bridgehead atoms. The van der Waals surface area contributed by atoms with Crippen molar-refractivity contribution < 1.29 is 23.2 Å². The third-order valence-electron chi connectivity index (χ3n) is 11.9. The first-order valence-electron chi connectivity index (χ1n) is 19.6. The second kappa shape index (κ2) is 13.6. The lowest BCUT2D eigenvalue weighted by Gasteiger charge is -2.32. The molecule has 0 saturated carbocycles. The molecular weight excluding hydrogens is 675 g/mol. The number of benzene rings is 6. The lowest BCUT2D eigenvalue weighted by molar-refractivity contribution is -0.431. The summed E-state index contributed by atoms with van der Waals surface area (Å²) < 4.78 is 24.0. The zero-order valence-corrected chi connectivity index (χ0v) is 32.6. The Kier molecular flexibility index (Phi) is 8.72. The maximum atomic E-state index is 6.62. The monoisotopic (exact) mass is 722 g/mol. The molecule has 0 atom stereocenters. The minimum atomic E-state index is -0.390. The van der Waals surface area contributed by atoms with Gasteiger partial charge >= 0.3 is 7.12 Å². The number of ether oxygens (including phenoxy) is 1. The Balaban J connectivity index is 1.04. The number of rotatable bonds is 10. The van der Waals surface area contributed by atoms with Crippen molar-refractivity contribution in [2.45, 2.75) is 59.4 Å². The predicted molar refractivity (Wildman–Crippen MR) is 228 cm³/mol. The zero-order chi connectivity index (χ0) is 37.9. The van der Waals surface area contributed by atoms with Crippen molar-refractivity contribution in [1.29, 1.82) is 0 Å². The van der Waals surface area contributed by atoms with Crippen LogP contribution in [0.2, 0.25) is 0 Å². The SMILES string of the molecule is CC[N+]1=C(/C=C/c2ccc(OCc3ccc(B4OC(C)(C)C(C)(C)O4)cc3)c(/C=C/C3=[N+](CC)c4cccc5cccc3c45)c2)c2cccc3cccc1c23. The highest BCUT2D eigenvalue weighted by atomic mass is 16.7. The van der Waals surface area contributed by atoms with E-state index in [1.165, 1.54) is 55.5 Å². The number of hydrogen-bond donors (Lipinski definition) is 0. The molecule has 3 aliphatic rings. The van der Waals surface area contributed by atoms with Crippen molar-refractivity contribution in [1.82, 2.24) is 0 Å². The molecule has 0 spiro atoms. The van der Waals surface area contributed by atoms with E-state index < -0.39 is 0 Å². The number of hydrogen-bond acceptors (Lipinski definition) is 3. The van der Waals surface area contributed by atoms with Gasteiger partial charge in [0.1, 0.15) is 25.4 Å². The van der Waals surface area contributed by atoms with Gasteiger partial charge in [-0.05, 0) is 105 Å². The predicted octanol–water partition coefficient (Wildman–Crippen LogP) is 10.2. The Morgan fingerprint density at radius 2 is 1.13 bits per heavy atom. The molecule has 3 aliphatic heterocycles. The van der Waals surface area contributed by atoms with E-state index in [0.717, 1.165) is 41.0 Å². The molecule has 9 rings (SSSR count). The van der Waals surface area contributed by atoms with Crippen molar-refractivity contribution in [3.63, 3.8) is 0 Å². The van der Waals surface area contributed by atoms with Gasteiger partial charge in [0.15, 0.2) is 0 Å². The highest BCUT2D eigenvalue weighted by Gasteiger charge is 2.51. The molecular formula is C49H47BN2O3+2. The minimum Gasteiger partial charge on any atom is -0.488 e. The first-order chi connectivity index (χ1) is 26.7. The molecule has 0 N–H and O–H groups in total. The summed E-state index contributed by atoms with van der Waals surface area (Å²) in [5, 5.41) is 5.18. The van der Waals surface area contributed by atoms with Crippen molar-refractivity contribution in [3.8, 4) is 5.75 Å². The topological polar surface area (TPSA) is 33.7 Å². The molecule has 0 unspecified atom stereocenters. The van der Waals surface area contributed by atoms with E-state index >= 15 is 0 Å². The van der Waals surface area contributed by atoms with Crippen molar-refractivity contribution in [2.24, 2.45) is 0 Å². The molecule has 6 heteroatoms. The molecule has 0 radical (unpaired) electrons. The quantitative estimate of drug-likeness (QED) is 0.104. The molecule has 272 valence electrons. The summed E-state index contributed by atoms with van der Waals surface area (Å²) >= 11 is 0. The van der Waals surface area contributed by atoms with Crippen LogP contribution in [0.1, 0.15) is 69.4 Å². The van der Waals surface area contributed by atoms with Crippen LogP contribution < -0.4 is 10.2 Å². The van der Waals surface area contributed by atoms with Gasteiger partial charge in [0.25, 0.3) is 0 Å². The standard InChI is InChI=1S/C49H47BN2O3/c1-7-51-41(39-17-9-13-35-15-11-19-43(51)46(35)39)28-23-33-24-30-45(53-32-34-21-26-38(27-22-34)50-54-48(3,4)49(5,6)55-50)37(31-33)25-29-42-40-18-10-14-36-16-12-20-44(47(36)40)52(42)8-2/h9-31H,7-8,32H2,1-6H3/q+2/b28-23+,29-25+. The van der Waals surface area contributed by atoms with Gasteiger partial charge in [-0.15, -0.1) is 0 Å². The van der Waals surface area contributed by atoms with Crippen molar-refractivity contribution in [3.05, 3.63) is 155 Å². The van der Waals surface area contributed by atoms with E-state index in [0.29, 0.717) is 6.61 Å². The Labute approximate surface area is 324 Å². The second-order valence-electron chi connectivity index (χ2n) is 15.7. The summed E-state index contributed by atoms with van der Waals surface area (Å²) in [6, 6.07) is 41.3. The van der Waals surface area contributed by atoms with Gasteiger partial charge in [-0.2, -0.15) is 9.15 Å². The van der Waals surface area contributed by atoms with Crippen LogP contribution in [0.4, 0.5) is 11.4 Å². The lowest BCUT2D eigenvalue weighted by Crippen LogP contribution is -2.41. The minimum absolute atomic E-state index is 0.380. The Bertz CT molecular complexity index is 2600. The molecule has 3 heterocycles. The van der Waals surface area contributed by atoms with Crippen LogP contribution in [-0.4, -0.2) is 52.0 Å². The third-order valence-corrected chi connectivity index (χ3v) is 11.9. The number of nitrogens with zero attached hydrogens (tertiary/aromatic N) is 2. The highest BCUT2D eigenvalue weighted by molar-refractivity contribution is 6.62. The molecule has 0 aromatic heterocycles. The summed E-state index contributed by atoms with van der Waals surface area (Å²) in [5.74, 6) is 0.835. The van der Waals surface area contributed by atoms with Crippen LogP contribution in [-0.2, 0) is 15.9 Å². The summed E-state index contributed by atoms with van der Waals surface area (Å²) in [4.78, 5) is 0. The third kappa shape index (κ3) is 6.05. The molecule has 1 fully saturated rings. The van der Waals surface area contributed by atoms with E-state index in [9.17, 15) is 0 Å². The van der Waals surface area contributed by atoms with Gasteiger partial charge in [-0.3, -0.25) is 0 Å². The fourth-order valence-electron chi connectivity index (χ4n) is 8.30. The van der Waals surface area contributed by atoms with Crippen LogP contribution >= 0.6 is 0 Å². The molecule has 55 heavy (non-hydrogen) atoms. The summed E-state index contributed by atoms with van der Waals surface area (Å²) in [6.07, 6.45) is 8.98. The molecule has 1 saturated heterocycles. The molecule has 6 aromatic rings. The lowest BCUT2D eigenvalue weighted by atomic mass is 9.79. The summed E-state index contributed by atoms with van der Waals surface area (Å²) in [5.41, 5.74) is 11.0. The van der Waals surface area contributed by atoms with E-state index in [1.54, 1.807) is 0 Å². The highest BCUT2D eigenvalue weighted by Crippen LogP contribution is 2.38. The van der Waals surface area contributed by atoms with E-state index in [2.05, 4.69) is 190 Å². The van der Waals surface area contributed by atoms with Gasteiger partial charge in [0.2, 0.25) is 22.8 Å². The van der Waals surface area contributed by atoms with Crippen LogP contribution in [0, 0.1) is 0 Å². The van der Waals surface area contributed by atoms with E-state index in [-0.39, 0.29) is 18.3 Å². The smallest absolute Gasteiger partial charge is 0.488 e. The Morgan fingerprint density at radius 3 is 1.67 bits per heavy atom. The average Bonchev–Trinajstić information content (AvgIpc) is 3.76. The van der Waals surface area contributed by atoms with Crippen LogP contribution in [0.25, 0.3) is 33.7 Å². The van der Waals surface area contributed by atoms with Crippen LogP contribution in [0.3, 0.4) is 0 Å². The van der Waals surface area contributed by atoms with E-state index in [4.69, 9.17) is 14.0 Å². The number of allylic oxidation sites excluding steroid dienone is 2. The van der Waals surface area contributed by atoms with Crippen molar-refractivity contribution >= 4 is 69.1 Å². The molecule has 5 nitrogen and oxygen atoms in total. The fourth-order valence-corrected chi connectivity index (χ4v) is 8.30.